The SMILES string of the molecule is CSc1cccc(Nc2cc(C)nc(-c3ccccn3)n2)c1. The minimum absolute atomic E-state index is 0.629. The molecule has 22 heavy (non-hydrogen) atoms. The summed E-state index contributed by atoms with van der Waals surface area (Å²) in [6, 6.07) is 15.9. The maximum atomic E-state index is 4.56. The smallest absolute Gasteiger partial charge is 0.180 e. The van der Waals surface area contributed by atoms with Crippen molar-refractivity contribution in [3.63, 3.8) is 0 Å². The van der Waals surface area contributed by atoms with Crippen LogP contribution >= 0.6 is 11.8 Å². The third-order valence-electron chi connectivity index (χ3n) is 3.09. The third kappa shape index (κ3) is 3.43. The van der Waals surface area contributed by atoms with E-state index < -0.39 is 0 Å². The number of nitrogens with zero attached hydrogens (tertiary/aromatic N) is 3. The quantitative estimate of drug-likeness (QED) is 0.728. The zero-order valence-corrected chi connectivity index (χ0v) is 13.3. The Morgan fingerprint density at radius 1 is 1.00 bits per heavy atom. The van der Waals surface area contributed by atoms with Gasteiger partial charge in [0.25, 0.3) is 0 Å². The molecule has 0 radical (unpaired) electrons. The molecule has 1 aromatic carbocycles. The molecule has 0 saturated carbocycles. The first-order valence-corrected chi connectivity index (χ1v) is 8.15. The van der Waals surface area contributed by atoms with Crippen LogP contribution in [0.4, 0.5) is 11.5 Å². The van der Waals surface area contributed by atoms with Crippen LogP contribution in [0.25, 0.3) is 11.5 Å². The summed E-state index contributed by atoms with van der Waals surface area (Å²) in [5.74, 6) is 1.40. The van der Waals surface area contributed by atoms with Crippen molar-refractivity contribution in [2.24, 2.45) is 0 Å². The van der Waals surface area contributed by atoms with Crippen LogP contribution in [0, 0.1) is 6.92 Å². The van der Waals surface area contributed by atoms with Crippen LogP contribution in [0.15, 0.2) is 59.6 Å². The highest BCUT2D eigenvalue weighted by atomic mass is 32.2. The molecule has 0 bridgehead atoms. The van der Waals surface area contributed by atoms with Gasteiger partial charge in [0, 0.05) is 28.5 Å². The molecule has 0 aliphatic heterocycles. The normalized spacial score (nSPS) is 10.5. The largest absolute Gasteiger partial charge is 0.340 e. The van der Waals surface area contributed by atoms with Crippen LogP contribution in [-0.4, -0.2) is 21.2 Å². The predicted molar refractivity (Wildman–Crippen MR) is 91.5 cm³/mol. The van der Waals surface area contributed by atoms with Crippen molar-refractivity contribution in [1.29, 1.82) is 0 Å². The molecule has 0 aliphatic rings. The zero-order valence-electron chi connectivity index (χ0n) is 12.4. The summed E-state index contributed by atoms with van der Waals surface area (Å²) in [6.07, 6.45) is 3.81. The summed E-state index contributed by atoms with van der Waals surface area (Å²) in [5.41, 5.74) is 2.68. The summed E-state index contributed by atoms with van der Waals surface area (Å²) >= 11 is 1.71. The molecule has 110 valence electrons. The Morgan fingerprint density at radius 3 is 2.68 bits per heavy atom. The summed E-state index contributed by atoms with van der Waals surface area (Å²) in [4.78, 5) is 14.5. The molecule has 0 saturated heterocycles. The van der Waals surface area contributed by atoms with Crippen LogP contribution < -0.4 is 5.32 Å². The first kappa shape index (κ1) is 14.5. The van der Waals surface area contributed by atoms with Gasteiger partial charge in [0.05, 0.1) is 0 Å². The number of thioether (sulfide) groups is 1. The molecule has 3 rings (SSSR count). The minimum Gasteiger partial charge on any atom is -0.340 e. The van der Waals surface area contributed by atoms with Gasteiger partial charge in [-0.05, 0) is 43.5 Å². The average molecular weight is 308 g/mol. The number of hydrogen-bond acceptors (Lipinski definition) is 5. The van der Waals surface area contributed by atoms with Gasteiger partial charge in [-0.3, -0.25) is 4.98 Å². The standard InChI is InChI=1S/C17H16N4S/c1-12-10-16(20-13-6-5-7-14(11-13)22-2)21-17(19-12)15-8-3-4-9-18-15/h3-11H,1-2H3,(H,19,20,21). The van der Waals surface area contributed by atoms with E-state index in [0.717, 1.165) is 22.9 Å². The number of anilines is 2. The number of nitrogens with one attached hydrogen (secondary N) is 1. The van der Waals surface area contributed by atoms with Crippen molar-refractivity contribution in [3.05, 3.63) is 60.4 Å². The third-order valence-corrected chi connectivity index (χ3v) is 3.82. The molecule has 0 aliphatic carbocycles. The second kappa shape index (κ2) is 6.58. The Balaban J connectivity index is 1.92. The number of benzene rings is 1. The van der Waals surface area contributed by atoms with Crippen LogP contribution in [0.5, 0.6) is 0 Å². The van der Waals surface area contributed by atoms with Crippen molar-refractivity contribution in [1.82, 2.24) is 15.0 Å². The second-order valence-electron chi connectivity index (χ2n) is 4.79. The zero-order chi connectivity index (χ0) is 15.4. The highest BCUT2D eigenvalue weighted by molar-refractivity contribution is 7.98. The van der Waals surface area contributed by atoms with Crippen molar-refractivity contribution in [2.75, 3.05) is 11.6 Å². The molecule has 0 amide bonds. The number of rotatable bonds is 4. The first-order chi connectivity index (χ1) is 10.7. The molecule has 0 atom stereocenters. The van der Waals surface area contributed by atoms with Crippen LogP contribution in [0.3, 0.4) is 0 Å². The first-order valence-electron chi connectivity index (χ1n) is 6.93. The number of pyridine rings is 1. The van der Waals surface area contributed by atoms with Crippen molar-refractivity contribution < 1.29 is 0 Å². The van der Waals surface area contributed by atoms with Crippen LogP contribution in [0.1, 0.15) is 5.69 Å². The van der Waals surface area contributed by atoms with Crippen LogP contribution in [-0.2, 0) is 0 Å². The minimum atomic E-state index is 0.629. The summed E-state index contributed by atoms with van der Waals surface area (Å²) in [7, 11) is 0. The van der Waals surface area contributed by atoms with E-state index in [-0.39, 0.29) is 0 Å². The molecule has 0 spiro atoms. The predicted octanol–water partition coefficient (Wildman–Crippen LogP) is 4.31. The molecule has 5 heteroatoms. The van der Waals surface area contributed by atoms with Crippen molar-refractivity contribution in [2.45, 2.75) is 11.8 Å². The van der Waals surface area contributed by atoms with E-state index >= 15 is 0 Å². The van der Waals surface area contributed by atoms with E-state index in [1.165, 1.54) is 4.90 Å². The number of hydrogen-bond donors (Lipinski definition) is 1. The van der Waals surface area contributed by atoms with Gasteiger partial charge in [-0.2, -0.15) is 0 Å². The lowest BCUT2D eigenvalue weighted by Crippen LogP contribution is -2.00. The van der Waals surface area contributed by atoms with Gasteiger partial charge >= 0.3 is 0 Å². The molecule has 2 aromatic heterocycles. The average Bonchev–Trinajstić information content (AvgIpc) is 2.55. The van der Waals surface area contributed by atoms with Crippen molar-refractivity contribution in [3.8, 4) is 11.5 Å². The van der Waals surface area contributed by atoms with Gasteiger partial charge in [-0.25, -0.2) is 9.97 Å². The molecular formula is C17H16N4S. The topological polar surface area (TPSA) is 50.7 Å². The van der Waals surface area contributed by atoms with Gasteiger partial charge in [-0.15, -0.1) is 11.8 Å². The molecule has 0 fully saturated rings. The Kier molecular flexibility index (Phi) is 4.34. The maximum absolute atomic E-state index is 4.56. The Labute approximate surface area is 134 Å². The molecule has 1 N–H and O–H groups in total. The molecule has 0 unspecified atom stereocenters. The van der Waals surface area contributed by atoms with Gasteiger partial charge in [0.1, 0.15) is 11.5 Å². The fraction of sp³-hybridized carbons (Fsp3) is 0.118. The highest BCUT2D eigenvalue weighted by Crippen LogP contribution is 2.23. The fourth-order valence-electron chi connectivity index (χ4n) is 2.09. The number of aromatic nitrogens is 3. The van der Waals surface area contributed by atoms with Gasteiger partial charge < -0.3 is 5.32 Å². The molecular weight excluding hydrogens is 292 g/mol. The molecule has 3 aromatic rings. The maximum Gasteiger partial charge on any atom is 0.180 e. The van der Waals surface area contributed by atoms with E-state index in [9.17, 15) is 0 Å². The van der Waals surface area contributed by atoms with Crippen molar-refractivity contribution >= 4 is 23.3 Å². The lowest BCUT2D eigenvalue weighted by atomic mass is 10.3. The monoisotopic (exact) mass is 308 g/mol. The van der Waals surface area contributed by atoms with E-state index in [1.807, 2.05) is 43.3 Å². The van der Waals surface area contributed by atoms with Crippen LogP contribution in [0.2, 0.25) is 0 Å². The lowest BCUT2D eigenvalue weighted by molar-refractivity contribution is 1.09. The van der Waals surface area contributed by atoms with E-state index in [2.05, 4.69) is 38.7 Å². The lowest BCUT2D eigenvalue weighted by Gasteiger charge is -2.09. The molecule has 2 heterocycles. The second-order valence-corrected chi connectivity index (χ2v) is 5.67. The van der Waals surface area contributed by atoms with Gasteiger partial charge in [-0.1, -0.05) is 12.1 Å². The van der Waals surface area contributed by atoms with E-state index in [0.29, 0.717) is 5.82 Å². The van der Waals surface area contributed by atoms with E-state index in [1.54, 1.807) is 18.0 Å². The number of aryl methyl sites for hydroxylation is 1. The van der Waals surface area contributed by atoms with E-state index in [4.69, 9.17) is 0 Å². The van der Waals surface area contributed by atoms with Gasteiger partial charge in [0.15, 0.2) is 5.82 Å². The Morgan fingerprint density at radius 2 is 1.91 bits per heavy atom. The Hall–Kier alpha value is -2.40. The summed E-state index contributed by atoms with van der Waals surface area (Å²) in [5, 5.41) is 3.34. The summed E-state index contributed by atoms with van der Waals surface area (Å²) in [6.45, 7) is 1.96. The fourth-order valence-corrected chi connectivity index (χ4v) is 2.55. The Bertz CT molecular complexity index is 775. The summed E-state index contributed by atoms with van der Waals surface area (Å²) < 4.78 is 0. The van der Waals surface area contributed by atoms with Gasteiger partial charge in [0.2, 0.25) is 0 Å². The molecule has 4 nitrogen and oxygen atoms in total. The highest BCUT2D eigenvalue weighted by Gasteiger charge is 2.06.